The Morgan fingerprint density at radius 1 is 0.906 bits per heavy atom. The SMILES string of the molecule is O=C(Oc1ccc(Br)cc1)c1ccc(NC2=C(Cl)C(=O)N(Cc3ccccc3)C2=O)cc1. The van der Waals surface area contributed by atoms with Gasteiger partial charge in [0.05, 0.1) is 12.1 Å². The lowest BCUT2D eigenvalue weighted by Gasteiger charge is -2.15. The van der Waals surface area contributed by atoms with E-state index in [9.17, 15) is 14.4 Å². The molecule has 3 aromatic rings. The van der Waals surface area contributed by atoms with Crippen molar-refractivity contribution in [2.75, 3.05) is 5.32 Å². The summed E-state index contributed by atoms with van der Waals surface area (Å²) in [5.41, 5.74) is 1.64. The van der Waals surface area contributed by atoms with E-state index in [1.165, 1.54) is 0 Å². The maximum atomic E-state index is 12.8. The molecule has 0 unspecified atom stereocenters. The minimum Gasteiger partial charge on any atom is -0.423 e. The molecule has 0 radical (unpaired) electrons. The van der Waals surface area contributed by atoms with Crippen molar-refractivity contribution in [1.29, 1.82) is 0 Å². The summed E-state index contributed by atoms with van der Waals surface area (Å²) >= 11 is 9.47. The highest BCUT2D eigenvalue weighted by Crippen LogP contribution is 2.27. The number of halogens is 2. The summed E-state index contributed by atoms with van der Waals surface area (Å²) in [5.74, 6) is -1.16. The van der Waals surface area contributed by atoms with Gasteiger partial charge in [-0.25, -0.2) is 4.79 Å². The van der Waals surface area contributed by atoms with Gasteiger partial charge in [0, 0.05) is 10.2 Å². The Kier molecular flexibility index (Phi) is 6.39. The monoisotopic (exact) mass is 510 g/mol. The second-order valence-corrected chi connectivity index (χ2v) is 8.21. The number of imide groups is 1. The third-order valence-electron chi connectivity index (χ3n) is 4.71. The highest BCUT2D eigenvalue weighted by Gasteiger charge is 2.37. The molecule has 0 saturated heterocycles. The predicted octanol–water partition coefficient (Wildman–Crippen LogP) is 5.10. The summed E-state index contributed by atoms with van der Waals surface area (Å²) in [6.07, 6.45) is 0. The van der Waals surface area contributed by atoms with Crippen molar-refractivity contribution in [3.63, 3.8) is 0 Å². The average Bonchev–Trinajstić information content (AvgIpc) is 3.00. The van der Waals surface area contributed by atoms with E-state index in [4.69, 9.17) is 16.3 Å². The van der Waals surface area contributed by atoms with Gasteiger partial charge in [-0.1, -0.05) is 57.9 Å². The summed E-state index contributed by atoms with van der Waals surface area (Å²) in [6, 6.07) is 22.4. The number of esters is 1. The van der Waals surface area contributed by atoms with Gasteiger partial charge < -0.3 is 10.1 Å². The molecule has 1 aliphatic heterocycles. The van der Waals surface area contributed by atoms with E-state index >= 15 is 0 Å². The fourth-order valence-electron chi connectivity index (χ4n) is 3.07. The molecule has 0 aromatic heterocycles. The second-order valence-electron chi connectivity index (χ2n) is 6.92. The topological polar surface area (TPSA) is 75.7 Å². The van der Waals surface area contributed by atoms with Crippen LogP contribution in [0.1, 0.15) is 15.9 Å². The molecule has 32 heavy (non-hydrogen) atoms. The van der Waals surface area contributed by atoms with Gasteiger partial charge in [0.25, 0.3) is 11.8 Å². The number of carbonyl (C=O) groups excluding carboxylic acids is 3. The van der Waals surface area contributed by atoms with E-state index in [0.29, 0.717) is 17.0 Å². The van der Waals surface area contributed by atoms with Crippen molar-refractivity contribution in [2.24, 2.45) is 0 Å². The molecule has 0 spiro atoms. The Labute approximate surface area is 197 Å². The number of nitrogens with zero attached hydrogens (tertiary/aromatic N) is 1. The Morgan fingerprint density at radius 3 is 2.22 bits per heavy atom. The molecule has 1 N–H and O–H groups in total. The molecule has 1 aliphatic rings. The summed E-state index contributed by atoms with van der Waals surface area (Å²) in [6.45, 7) is 0.126. The Balaban J connectivity index is 1.43. The number of hydrogen-bond acceptors (Lipinski definition) is 5. The van der Waals surface area contributed by atoms with Crippen LogP contribution < -0.4 is 10.1 Å². The van der Waals surface area contributed by atoms with Crippen LogP contribution in [-0.4, -0.2) is 22.7 Å². The Bertz CT molecular complexity index is 1210. The first-order chi connectivity index (χ1) is 15.4. The van der Waals surface area contributed by atoms with Crippen LogP contribution in [0, 0.1) is 0 Å². The largest absolute Gasteiger partial charge is 0.423 e. The molecule has 6 nitrogen and oxygen atoms in total. The molecule has 4 rings (SSSR count). The fraction of sp³-hybridized carbons (Fsp3) is 0.0417. The second kappa shape index (κ2) is 9.38. The first-order valence-electron chi connectivity index (χ1n) is 9.57. The van der Waals surface area contributed by atoms with Crippen LogP contribution in [-0.2, 0) is 16.1 Å². The number of amides is 2. The third-order valence-corrected chi connectivity index (χ3v) is 5.59. The predicted molar refractivity (Wildman–Crippen MR) is 124 cm³/mol. The highest BCUT2D eigenvalue weighted by molar-refractivity contribution is 9.10. The molecule has 160 valence electrons. The van der Waals surface area contributed by atoms with Gasteiger partial charge in [0.1, 0.15) is 16.5 Å². The average molecular weight is 512 g/mol. The van der Waals surface area contributed by atoms with Crippen molar-refractivity contribution in [3.05, 3.63) is 105 Å². The van der Waals surface area contributed by atoms with Crippen LogP contribution in [0.5, 0.6) is 5.75 Å². The van der Waals surface area contributed by atoms with Crippen LogP contribution in [0.25, 0.3) is 0 Å². The van der Waals surface area contributed by atoms with Crippen molar-refractivity contribution in [1.82, 2.24) is 4.90 Å². The smallest absolute Gasteiger partial charge is 0.343 e. The summed E-state index contributed by atoms with van der Waals surface area (Å²) in [4.78, 5) is 38.6. The Hall–Kier alpha value is -3.42. The third kappa shape index (κ3) is 4.74. The Morgan fingerprint density at radius 2 is 1.56 bits per heavy atom. The van der Waals surface area contributed by atoms with Crippen molar-refractivity contribution in [2.45, 2.75) is 6.54 Å². The molecular weight excluding hydrogens is 496 g/mol. The molecule has 8 heteroatoms. The minimum atomic E-state index is -0.558. The van der Waals surface area contributed by atoms with Crippen molar-refractivity contribution >= 4 is 51.0 Å². The summed E-state index contributed by atoms with van der Waals surface area (Å²) in [7, 11) is 0. The molecule has 0 atom stereocenters. The van der Waals surface area contributed by atoms with Crippen LogP contribution in [0.15, 0.2) is 94.1 Å². The summed E-state index contributed by atoms with van der Waals surface area (Å²) in [5, 5.41) is 2.71. The van der Waals surface area contributed by atoms with E-state index in [0.717, 1.165) is 14.9 Å². The molecular formula is C24H16BrClN2O4. The van der Waals surface area contributed by atoms with Crippen molar-refractivity contribution < 1.29 is 19.1 Å². The molecule has 0 aliphatic carbocycles. The molecule has 1 heterocycles. The zero-order chi connectivity index (χ0) is 22.7. The number of ether oxygens (including phenoxy) is 1. The number of rotatable bonds is 6. The van der Waals surface area contributed by atoms with E-state index in [2.05, 4.69) is 21.2 Å². The normalized spacial score (nSPS) is 13.5. The first-order valence-corrected chi connectivity index (χ1v) is 10.7. The molecule has 0 fully saturated rings. The van der Waals surface area contributed by atoms with Gasteiger partial charge >= 0.3 is 5.97 Å². The van der Waals surface area contributed by atoms with Gasteiger partial charge in [0.15, 0.2) is 0 Å². The lowest BCUT2D eigenvalue weighted by molar-refractivity contribution is -0.138. The first kappa shape index (κ1) is 21.8. The maximum absolute atomic E-state index is 12.8. The van der Waals surface area contributed by atoms with E-state index in [1.54, 1.807) is 48.5 Å². The number of nitrogens with one attached hydrogen (secondary N) is 1. The van der Waals surface area contributed by atoms with Gasteiger partial charge in [-0.05, 0) is 54.1 Å². The zero-order valence-corrected chi connectivity index (χ0v) is 18.9. The number of carbonyl (C=O) groups is 3. The van der Waals surface area contributed by atoms with Gasteiger partial charge in [-0.15, -0.1) is 0 Å². The van der Waals surface area contributed by atoms with E-state index < -0.39 is 17.8 Å². The van der Waals surface area contributed by atoms with Crippen LogP contribution in [0.3, 0.4) is 0 Å². The van der Waals surface area contributed by atoms with Crippen LogP contribution in [0.4, 0.5) is 5.69 Å². The lowest BCUT2D eigenvalue weighted by atomic mass is 10.2. The highest BCUT2D eigenvalue weighted by atomic mass is 79.9. The fourth-order valence-corrected chi connectivity index (χ4v) is 3.56. The van der Waals surface area contributed by atoms with E-state index in [-0.39, 0.29) is 17.3 Å². The number of hydrogen-bond donors (Lipinski definition) is 1. The molecule has 0 saturated carbocycles. The van der Waals surface area contributed by atoms with Gasteiger partial charge in [-0.2, -0.15) is 0 Å². The summed E-state index contributed by atoms with van der Waals surface area (Å²) < 4.78 is 6.21. The maximum Gasteiger partial charge on any atom is 0.343 e. The lowest BCUT2D eigenvalue weighted by Crippen LogP contribution is -2.31. The van der Waals surface area contributed by atoms with E-state index in [1.807, 2.05) is 30.3 Å². The van der Waals surface area contributed by atoms with Gasteiger partial charge in [0.2, 0.25) is 0 Å². The van der Waals surface area contributed by atoms with Crippen LogP contribution >= 0.6 is 27.5 Å². The number of benzene rings is 3. The molecule has 3 aromatic carbocycles. The van der Waals surface area contributed by atoms with Crippen molar-refractivity contribution in [3.8, 4) is 5.75 Å². The number of anilines is 1. The molecule has 2 amide bonds. The minimum absolute atomic E-state index is 0.00205. The van der Waals surface area contributed by atoms with Crippen LogP contribution in [0.2, 0.25) is 0 Å². The quantitative estimate of drug-likeness (QED) is 0.283. The van der Waals surface area contributed by atoms with Gasteiger partial charge in [-0.3, -0.25) is 14.5 Å². The molecule has 0 bridgehead atoms. The standard InChI is InChI=1S/C24H16BrClN2O4/c25-17-8-12-19(13-9-17)32-24(31)16-6-10-18(11-7-16)27-21-20(26)22(29)28(23(21)30)14-15-4-2-1-3-5-15/h1-13,27H,14H2. The zero-order valence-electron chi connectivity index (χ0n) is 16.5.